The number of nitrogens with one attached hydrogen (secondary N) is 1. The minimum Gasteiger partial charge on any atom is -0.496 e. The van der Waals surface area contributed by atoms with Gasteiger partial charge in [-0.15, -0.1) is 11.8 Å². The fraction of sp³-hybridized carbons (Fsp3) is 0.235. The smallest absolute Gasteiger partial charge is 0.230 e. The summed E-state index contributed by atoms with van der Waals surface area (Å²) in [4.78, 5) is 11.9. The molecule has 0 bridgehead atoms. The van der Waals surface area contributed by atoms with E-state index in [9.17, 15) is 4.79 Å². The van der Waals surface area contributed by atoms with Crippen molar-refractivity contribution in [1.29, 1.82) is 0 Å². The Morgan fingerprint density at radius 3 is 2.55 bits per heavy atom. The van der Waals surface area contributed by atoms with Crippen molar-refractivity contribution in [2.75, 3.05) is 12.9 Å². The maximum atomic E-state index is 11.9. The van der Waals surface area contributed by atoms with Crippen LogP contribution in [0.5, 0.6) is 5.75 Å². The van der Waals surface area contributed by atoms with Crippen molar-refractivity contribution in [3.63, 3.8) is 0 Å². The van der Waals surface area contributed by atoms with E-state index in [0.29, 0.717) is 12.3 Å². The van der Waals surface area contributed by atoms with Crippen LogP contribution in [0.15, 0.2) is 48.5 Å². The number of methoxy groups -OCH3 is 1. The molecule has 0 spiro atoms. The minimum absolute atomic E-state index is 0.00274. The first kappa shape index (κ1) is 16.7. The van der Waals surface area contributed by atoms with Crippen LogP contribution in [0, 0.1) is 0 Å². The van der Waals surface area contributed by atoms with Gasteiger partial charge in [0.05, 0.1) is 12.9 Å². The Hall–Kier alpha value is -1.65. The molecule has 2 aromatic carbocycles. The molecule has 2 rings (SSSR count). The molecule has 0 aliphatic carbocycles. The summed E-state index contributed by atoms with van der Waals surface area (Å²) < 4.78 is 5.26. The second kappa shape index (κ2) is 8.71. The second-order valence-electron chi connectivity index (χ2n) is 4.67. The summed E-state index contributed by atoms with van der Waals surface area (Å²) >= 11 is 7.63. The lowest BCUT2D eigenvalue weighted by Crippen LogP contribution is -2.24. The molecular weight excluding hydrogens is 318 g/mol. The number of para-hydroxylation sites is 1. The highest BCUT2D eigenvalue weighted by Crippen LogP contribution is 2.20. The predicted molar refractivity (Wildman–Crippen MR) is 92.5 cm³/mol. The number of amides is 1. The quantitative estimate of drug-likeness (QED) is 0.834. The fourth-order valence-corrected chi connectivity index (χ4v) is 3.11. The van der Waals surface area contributed by atoms with Gasteiger partial charge in [0.2, 0.25) is 5.91 Å². The molecule has 0 heterocycles. The van der Waals surface area contributed by atoms with Crippen molar-refractivity contribution < 1.29 is 9.53 Å². The van der Waals surface area contributed by atoms with Gasteiger partial charge >= 0.3 is 0 Å². The largest absolute Gasteiger partial charge is 0.496 e. The first-order valence-corrected chi connectivity index (χ1v) is 8.43. The minimum atomic E-state index is 0.00274. The molecule has 3 nitrogen and oxygen atoms in total. The summed E-state index contributed by atoms with van der Waals surface area (Å²) in [6.07, 6.45) is 0. The number of carbonyl (C=O) groups excluding carboxylic acids is 1. The SMILES string of the molecule is COc1ccccc1CNC(=O)CSCc1ccccc1Cl. The van der Waals surface area contributed by atoms with Gasteiger partial charge in [-0.3, -0.25) is 4.79 Å². The van der Waals surface area contributed by atoms with Crippen LogP contribution in [0.2, 0.25) is 5.02 Å². The van der Waals surface area contributed by atoms with E-state index in [-0.39, 0.29) is 5.91 Å². The Balaban J connectivity index is 1.75. The molecule has 5 heteroatoms. The zero-order valence-electron chi connectivity index (χ0n) is 12.3. The average molecular weight is 336 g/mol. The van der Waals surface area contributed by atoms with Gasteiger partial charge in [0.25, 0.3) is 0 Å². The van der Waals surface area contributed by atoms with Crippen molar-refractivity contribution in [2.45, 2.75) is 12.3 Å². The van der Waals surface area contributed by atoms with Gasteiger partial charge in [0.15, 0.2) is 0 Å². The number of ether oxygens (including phenoxy) is 1. The Morgan fingerprint density at radius 1 is 1.14 bits per heavy atom. The van der Waals surface area contributed by atoms with Crippen LogP contribution in [0.3, 0.4) is 0 Å². The first-order valence-electron chi connectivity index (χ1n) is 6.90. The lowest BCUT2D eigenvalue weighted by molar-refractivity contribution is -0.118. The number of thioether (sulfide) groups is 1. The van der Waals surface area contributed by atoms with Crippen LogP contribution in [-0.4, -0.2) is 18.8 Å². The third-order valence-electron chi connectivity index (χ3n) is 3.12. The van der Waals surface area contributed by atoms with Crippen molar-refractivity contribution in [2.24, 2.45) is 0 Å². The summed E-state index contributed by atoms with van der Waals surface area (Å²) in [6, 6.07) is 15.3. The van der Waals surface area contributed by atoms with Crippen molar-refractivity contribution in [3.8, 4) is 5.75 Å². The maximum absolute atomic E-state index is 11.9. The summed E-state index contributed by atoms with van der Waals surface area (Å²) in [5.74, 6) is 1.91. The lowest BCUT2D eigenvalue weighted by Gasteiger charge is -2.09. The fourth-order valence-electron chi connectivity index (χ4n) is 1.96. The topological polar surface area (TPSA) is 38.3 Å². The van der Waals surface area contributed by atoms with E-state index in [1.165, 1.54) is 0 Å². The molecule has 1 amide bonds. The highest BCUT2D eigenvalue weighted by molar-refractivity contribution is 7.99. The number of carbonyl (C=O) groups is 1. The summed E-state index contributed by atoms with van der Waals surface area (Å²) in [5.41, 5.74) is 2.01. The molecule has 0 saturated carbocycles. The third kappa shape index (κ3) is 4.97. The zero-order chi connectivity index (χ0) is 15.8. The van der Waals surface area contributed by atoms with E-state index in [1.807, 2.05) is 48.5 Å². The number of halogens is 1. The maximum Gasteiger partial charge on any atom is 0.230 e. The molecule has 0 aromatic heterocycles. The molecule has 0 aliphatic heterocycles. The summed E-state index contributed by atoms with van der Waals surface area (Å²) in [5, 5.41) is 3.64. The second-order valence-corrected chi connectivity index (χ2v) is 6.07. The number of benzene rings is 2. The van der Waals surface area contributed by atoms with Gasteiger partial charge in [-0.2, -0.15) is 0 Å². The normalized spacial score (nSPS) is 10.3. The number of rotatable bonds is 7. The van der Waals surface area contributed by atoms with Crippen molar-refractivity contribution in [3.05, 3.63) is 64.7 Å². The van der Waals surface area contributed by atoms with Crippen molar-refractivity contribution >= 4 is 29.3 Å². The van der Waals surface area contributed by atoms with Crippen LogP contribution in [0.25, 0.3) is 0 Å². The zero-order valence-corrected chi connectivity index (χ0v) is 13.9. The van der Waals surface area contributed by atoms with E-state index in [1.54, 1.807) is 18.9 Å². The molecule has 1 N–H and O–H groups in total. The van der Waals surface area contributed by atoms with E-state index in [2.05, 4.69) is 5.32 Å². The molecule has 0 fully saturated rings. The first-order chi connectivity index (χ1) is 10.7. The molecule has 0 aliphatic rings. The summed E-state index contributed by atoms with van der Waals surface area (Å²) in [7, 11) is 1.63. The molecule has 22 heavy (non-hydrogen) atoms. The molecule has 0 radical (unpaired) electrons. The van der Waals surface area contributed by atoms with E-state index < -0.39 is 0 Å². The van der Waals surface area contributed by atoms with Gasteiger partial charge in [-0.05, 0) is 17.7 Å². The molecular formula is C17H18ClNO2S. The highest BCUT2D eigenvalue weighted by atomic mass is 35.5. The van der Waals surface area contributed by atoms with Gasteiger partial charge < -0.3 is 10.1 Å². The number of hydrogen-bond acceptors (Lipinski definition) is 3. The van der Waals surface area contributed by atoms with Gasteiger partial charge in [-0.1, -0.05) is 48.0 Å². The Morgan fingerprint density at radius 2 is 1.82 bits per heavy atom. The van der Waals surface area contributed by atoms with Crippen LogP contribution in [-0.2, 0) is 17.1 Å². The van der Waals surface area contributed by atoms with E-state index >= 15 is 0 Å². The standard InChI is InChI=1S/C17H18ClNO2S/c1-21-16-9-5-3-6-13(16)10-19-17(20)12-22-11-14-7-2-4-8-15(14)18/h2-9H,10-12H2,1H3,(H,19,20). The highest BCUT2D eigenvalue weighted by Gasteiger charge is 2.06. The monoisotopic (exact) mass is 335 g/mol. The van der Waals surface area contributed by atoms with Gasteiger partial charge in [-0.25, -0.2) is 0 Å². The van der Waals surface area contributed by atoms with Crippen LogP contribution >= 0.6 is 23.4 Å². The summed E-state index contributed by atoms with van der Waals surface area (Å²) in [6.45, 7) is 0.468. The van der Waals surface area contributed by atoms with Crippen LogP contribution in [0.1, 0.15) is 11.1 Å². The van der Waals surface area contributed by atoms with Crippen molar-refractivity contribution in [1.82, 2.24) is 5.32 Å². The van der Waals surface area contributed by atoms with E-state index in [0.717, 1.165) is 27.7 Å². The Bertz CT molecular complexity index is 634. The Kier molecular flexibility index (Phi) is 6.62. The molecule has 0 atom stereocenters. The predicted octanol–water partition coefficient (Wildman–Crippen LogP) is 3.90. The Labute approximate surface area is 140 Å². The van der Waals surface area contributed by atoms with Gasteiger partial charge in [0.1, 0.15) is 5.75 Å². The lowest BCUT2D eigenvalue weighted by atomic mass is 10.2. The molecule has 116 valence electrons. The van der Waals surface area contributed by atoms with Gasteiger partial charge in [0, 0.05) is 22.9 Å². The van der Waals surface area contributed by atoms with Crippen LogP contribution in [0.4, 0.5) is 0 Å². The molecule has 0 unspecified atom stereocenters. The molecule has 0 saturated heterocycles. The molecule has 2 aromatic rings. The number of hydrogen-bond donors (Lipinski definition) is 1. The van der Waals surface area contributed by atoms with Crippen LogP contribution < -0.4 is 10.1 Å². The third-order valence-corrected chi connectivity index (χ3v) is 4.47. The van der Waals surface area contributed by atoms with E-state index in [4.69, 9.17) is 16.3 Å². The average Bonchev–Trinajstić information content (AvgIpc) is 2.55.